The van der Waals surface area contributed by atoms with Gasteiger partial charge in [-0.25, -0.2) is 0 Å². The van der Waals surface area contributed by atoms with Crippen molar-refractivity contribution in [3.05, 3.63) is 11.6 Å². The SMILES string of the molecule is CCOC(C)OC[C@H](C)[C@@H](CC=C(C)C)C1SCCS1. The smallest absolute Gasteiger partial charge is 0.154 e. The molecule has 0 radical (unpaired) electrons. The molecule has 0 aromatic rings. The molecule has 1 aliphatic rings. The van der Waals surface area contributed by atoms with E-state index in [2.05, 4.69) is 50.4 Å². The molecule has 0 saturated carbocycles. The molecule has 0 N–H and O–H groups in total. The van der Waals surface area contributed by atoms with Crippen molar-refractivity contribution in [2.75, 3.05) is 24.7 Å². The Morgan fingerprint density at radius 1 is 1.20 bits per heavy atom. The van der Waals surface area contributed by atoms with Crippen LogP contribution in [0.2, 0.25) is 0 Å². The zero-order chi connectivity index (χ0) is 15.0. The van der Waals surface area contributed by atoms with Crippen molar-refractivity contribution in [1.82, 2.24) is 0 Å². The minimum absolute atomic E-state index is 0.0876. The van der Waals surface area contributed by atoms with Gasteiger partial charge in [0.15, 0.2) is 6.29 Å². The first kappa shape index (κ1) is 18.4. The molecule has 1 rings (SSSR count). The third-order valence-corrected chi connectivity index (χ3v) is 6.83. The lowest BCUT2D eigenvalue weighted by atomic mass is 9.92. The molecular weight excluding hydrogens is 288 g/mol. The van der Waals surface area contributed by atoms with Crippen molar-refractivity contribution in [1.29, 1.82) is 0 Å². The lowest BCUT2D eigenvalue weighted by Crippen LogP contribution is -2.26. The van der Waals surface area contributed by atoms with Gasteiger partial charge in [0.1, 0.15) is 0 Å². The standard InChI is InChI=1S/C16H30O2S2/c1-6-17-14(5)18-11-13(4)15(8-7-12(2)3)16-19-9-10-20-16/h7,13-16H,6,8-11H2,1-5H3/t13-,14?,15+/m0/s1. The van der Waals surface area contributed by atoms with Gasteiger partial charge in [-0.2, -0.15) is 0 Å². The predicted molar refractivity (Wildman–Crippen MR) is 92.4 cm³/mol. The van der Waals surface area contributed by atoms with Crippen LogP contribution in [0.15, 0.2) is 11.6 Å². The van der Waals surface area contributed by atoms with E-state index in [4.69, 9.17) is 9.47 Å². The number of rotatable bonds is 9. The monoisotopic (exact) mass is 318 g/mol. The Labute approximate surface area is 133 Å². The van der Waals surface area contributed by atoms with Crippen molar-refractivity contribution >= 4 is 23.5 Å². The summed E-state index contributed by atoms with van der Waals surface area (Å²) in [5, 5.41) is 0. The van der Waals surface area contributed by atoms with Gasteiger partial charge in [0, 0.05) is 18.1 Å². The van der Waals surface area contributed by atoms with Crippen molar-refractivity contribution in [3.8, 4) is 0 Å². The van der Waals surface area contributed by atoms with Gasteiger partial charge in [0.25, 0.3) is 0 Å². The van der Waals surface area contributed by atoms with Gasteiger partial charge < -0.3 is 9.47 Å². The predicted octanol–water partition coefficient (Wildman–Crippen LogP) is 4.80. The molecule has 1 heterocycles. The summed E-state index contributed by atoms with van der Waals surface area (Å²) in [5.74, 6) is 3.85. The van der Waals surface area contributed by atoms with E-state index < -0.39 is 0 Å². The van der Waals surface area contributed by atoms with Gasteiger partial charge in [0.05, 0.1) is 11.2 Å². The fraction of sp³-hybridized carbons (Fsp3) is 0.875. The Bertz CT molecular complexity index is 284. The van der Waals surface area contributed by atoms with Crippen LogP contribution in [-0.4, -0.2) is 35.6 Å². The molecule has 0 spiro atoms. The van der Waals surface area contributed by atoms with E-state index >= 15 is 0 Å². The molecule has 1 unspecified atom stereocenters. The molecule has 0 aromatic heterocycles. The summed E-state index contributed by atoms with van der Waals surface area (Å²) in [6.07, 6.45) is 3.46. The molecule has 3 atom stereocenters. The third kappa shape index (κ3) is 6.88. The van der Waals surface area contributed by atoms with E-state index in [-0.39, 0.29) is 6.29 Å². The molecular formula is C16H30O2S2. The molecule has 1 saturated heterocycles. The maximum atomic E-state index is 5.83. The third-order valence-electron chi connectivity index (χ3n) is 3.52. The highest BCUT2D eigenvalue weighted by Crippen LogP contribution is 2.42. The first-order valence-electron chi connectivity index (χ1n) is 7.64. The minimum Gasteiger partial charge on any atom is -0.353 e. The number of hydrogen-bond acceptors (Lipinski definition) is 4. The molecule has 118 valence electrons. The van der Waals surface area contributed by atoms with E-state index in [1.165, 1.54) is 23.5 Å². The number of allylic oxidation sites excluding steroid dienone is 2. The highest BCUT2D eigenvalue weighted by atomic mass is 32.2. The topological polar surface area (TPSA) is 18.5 Å². The van der Waals surface area contributed by atoms with Crippen LogP contribution < -0.4 is 0 Å². The summed E-state index contributed by atoms with van der Waals surface area (Å²) in [5.41, 5.74) is 1.42. The van der Waals surface area contributed by atoms with E-state index in [0.29, 0.717) is 18.4 Å². The molecule has 1 fully saturated rings. The Morgan fingerprint density at radius 3 is 2.40 bits per heavy atom. The van der Waals surface area contributed by atoms with Crippen LogP contribution in [0.4, 0.5) is 0 Å². The highest BCUT2D eigenvalue weighted by molar-refractivity contribution is 8.20. The van der Waals surface area contributed by atoms with Crippen LogP contribution in [0.5, 0.6) is 0 Å². The maximum Gasteiger partial charge on any atom is 0.154 e. The molecule has 2 nitrogen and oxygen atoms in total. The second kappa shape index (κ2) is 10.1. The van der Waals surface area contributed by atoms with Crippen LogP contribution in [0.3, 0.4) is 0 Å². The quantitative estimate of drug-likeness (QED) is 0.449. The van der Waals surface area contributed by atoms with Crippen LogP contribution in [-0.2, 0) is 9.47 Å². The molecule has 0 aliphatic carbocycles. The van der Waals surface area contributed by atoms with E-state index in [9.17, 15) is 0 Å². The molecule has 4 heteroatoms. The highest BCUT2D eigenvalue weighted by Gasteiger charge is 2.30. The summed E-state index contributed by atoms with van der Waals surface area (Å²) >= 11 is 4.24. The first-order chi connectivity index (χ1) is 9.54. The maximum absolute atomic E-state index is 5.83. The normalized spacial score (nSPS) is 20.6. The summed E-state index contributed by atoms with van der Waals surface area (Å²) in [4.78, 5) is 0. The Hall–Kier alpha value is 0.360. The van der Waals surface area contributed by atoms with Crippen LogP contribution in [0.25, 0.3) is 0 Å². The summed E-state index contributed by atoms with van der Waals surface area (Å²) < 4.78 is 12.0. The van der Waals surface area contributed by atoms with Crippen LogP contribution in [0.1, 0.15) is 41.0 Å². The second-order valence-corrected chi connectivity index (χ2v) is 8.42. The Kier molecular flexibility index (Phi) is 9.34. The largest absolute Gasteiger partial charge is 0.353 e. The molecule has 0 amide bonds. The van der Waals surface area contributed by atoms with Gasteiger partial charge in [-0.15, -0.1) is 23.5 Å². The van der Waals surface area contributed by atoms with Gasteiger partial charge >= 0.3 is 0 Å². The van der Waals surface area contributed by atoms with E-state index in [0.717, 1.165) is 11.2 Å². The van der Waals surface area contributed by atoms with Gasteiger partial charge in [-0.1, -0.05) is 18.6 Å². The molecule has 20 heavy (non-hydrogen) atoms. The van der Waals surface area contributed by atoms with Gasteiger partial charge in [-0.05, 0) is 46.0 Å². The second-order valence-electron chi connectivity index (χ2n) is 5.62. The molecule has 1 aliphatic heterocycles. The van der Waals surface area contributed by atoms with Crippen LogP contribution >= 0.6 is 23.5 Å². The van der Waals surface area contributed by atoms with E-state index in [1.54, 1.807) is 0 Å². The average Bonchev–Trinajstić information content (AvgIpc) is 2.90. The zero-order valence-electron chi connectivity index (χ0n) is 13.6. The average molecular weight is 319 g/mol. The number of thioether (sulfide) groups is 2. The number of hydrogen-bond donors (Lipinski definition) is 0. The van der Waals surface area contributed by atoms with Gasteiger partial charge in [0.2, 0.25) is 0 Å². The number of ether oxygens (including phenoxy) is 2. The minimum atomic E-state index is -0.0876. The van der Waals surface area contributed by atoms with E-state index in [1.807, 2.05) is 13.8 Å². The van der Waals surface area contributed by atoms with Crippen LogP contribution in [0, 0.1) is 11.8 Å². The molecule has 0 bridgehead atoms. The first-order valence-corrected chi connectivity index (χ1v) is 9.74. The van der Waals surface area contributed by atoms with Gasteiger partial charge in [-0.3, -0.25) is 0 Å². The fourth-order valence-corrected chi connectivity index (χ4v) is 5.75. The Balaban J connectivity index is 2.50. The van der Waals surface area contributed by atoms with Crippen molar-refractivity contribution < 1.29 is 9.47 Å². The van der Waals surface area contributed by atoms with Crippen molar-refractivity contribution in [3.63, 3.8) is 0 Å². The lowest BCUT2D eigenvalue weighted by Gasteiger charge is -2.28. The van der Waals surface area contributed by atoms with Crippen molar-refractivity contribution in [2.24, 2.45) is 11.8 Å². The molecule has 0 aromatic carbocycles. The summed E-state index contributed by atoms with van der Waals surface area (Å²) in [6.45, 7) is 12.2. The summed E-state index contributed by atoms with van der Waals surface area (Å²) in [7, 11) is 0. The fourth-order valence-electron chi connectivity index (χ4n) is 2.30. The van der Waals surface area contributed by atoms with Crippen molar-refractivity contribution in [2.45, 2.75) is 51.9 Å². The Morgan fingerprint density at radius 2 is 1.85 bits per heavy atom. The zero-order valence-corrected chi connectivity index (χ0v) is 15.2. The summed E-state index contributed by atoms with van der Waals surface area (Å²) in [6, 6.07) is 0. The lowest BCUT2D eigenvalue weighted by molar-refractivity contribution is -0.137.